The van der Waals surface area contributed by atoms with Crippen LogP contribution in [0.2, 0.25) is 0 Å². The molecule has 1 amide bonds. The van der Waals surface area contributed by atoms with E-state index in [9.17, 15) is 14.0 Å². The number of methoxy groups -OCH3 is 1. The maximum absolute atomic E-state index is 13.7. The molecule has 1 radical (unpaired) electrons. The van der Waals surface area contributed by atoms with E-state index in [2.05, 4.69) is 14.7 Å². The van der Waals surface area contributed by atoms with E-state index in [1.54, 1.807) is 20.8 Å². The molecule has 10 heteroatoms. The van der Waals surface area contributed by atoms with Crippen molar-refractivity contribution in [2.75, 3.05) is 13.9 Å². The van der Waals surface area contributed by atoms with Crippen LogP contribution < -0.4 is 10.1 Å². The van der Waals surface area contributed by atoms with Crippen LogP contribution >= 0.6 is 0 Å². The average molecular weight is 370 g/mol. The summed E-state index contributed by atoms with van der Waals surface area (Å²) in [5.41, 5.74) is -0.367. The molecule has 0 spiro atoms. The van der Waals surface area contributed by atoms with E-state index in [0.29, 0.717) is 13.2 Å². The standard InChI is InChI=1S/C16H22BFNO7/c1-16(2,3)26-15(21)19-13(14(20)23-4)7-10-5-11(18)8-12(6-10)24-9-25-17-22/h5-6,8,13,22H,7,9H2,1-4H3,(H,19,21)/t13-/m0/s1. The number of carbonyl (C=O) groups is 2. The molecule has 1 aromatic rings. The molecule has 0 aromatic heterocycles. The summed E-state index contributed by atoms with van der Waals surface area (Å²) >= 11 is 0. The van der Waals surface area contributed by atoms with Gasteiger partial charge in [-0.1, -0.05) is 0 Å². The Morgan fingerprint density at radius 2 is 2.00 bits per heavy atom. The number of hydrogen-bond donors (Lipinski definition) is 2. The van der Waals surface area contributed by atoms with Gasteiger partial charge >= 0.3 is 19.7 Å². The van der Waals surface area contributed by atoms with E-state index < -0.39 is 29.5 Å². The lowest BCUT2D eigenvalue weighted by molar-refractivity contribution is -0.143. The summed E-state index contributed by atoms with van der Waals surface area (Å²) in [5.74, 6) is -1.19. The van der Waals surface area contributed by atoms with Gasteiger partial charge in [-0.15, -0.1) is 0 Å². The predicted molar refractivity (Wildman–Crippen MR) is 89.8 cm³/mol. The number of amides is 1. The molecule has 0 bridgehead atoms. The van der Waals surface area contributed by atoms with Crippen LogP contribution in [0.15, 0.2) is 18.2 Å². The maximum Gasteiger partial charge on any atom is 0.487 e. The van der Waals surface area contributed by atoms with Crippen molar-refractivity contribution in [1.29, 1.82) is 0 Å². The zero-order chi connectivity index (χ0) is 19.7. The molecule has 143 valence electrons. The number of alkyl carbamates (subject to hydrolysis) is 1. The molecule has 0 aliphatic heterocycles. The molecule has 26 heavy (non-hydrogen) atoms. The minimum Gasteiger partial charge on any atom is -0.469 e. The van der Waals surface area contributed by atoms with Gasteiger partial charge in [0, 0.05) is 12.5 Å². The largest absolute Gasteiger partial charge is 0.487 e. The number of carbonyl (C=O) groups excluding carboxylic acids is 2. The van der Waals surface area contributed by atoms with Crippen LogP contribution in [0.5, 0.6) is 5.75 Å². The van der Waals surface area contributed by atoms with Gasteiger partial charge in [0.25, 0.3) is 0 Å². The lowest BCUT2D eigenvalue weighted by Gasteiger charge is -2.22. The fraction of sp³-hybridized carbons (Fsp3) is 0.500. The van der Waals surface area contributed by atoms with Gasteiger partial charge in [0.05, 0.1) is 7.11 Å². The summed E-state index contributed by atoms with van der Waals surface area (Å²) in [5, 5.41) is 10.8. The first-order valence-electron chi connectivity index (χ1n) is 7.71. The lowest BCUT2D eigenvalue weighted by atomic mass is 10.1. The van der Waals surface area contributed by atoms with Crippen molar-refractivity contribution in [1.82, 2.24) is 5.32 Å². The smallest absolute Gasteiger partial charge is 0.469 e. The SMILES string of the molecule is COC(=O)[C@H](Cc1cc(F)cc(OCO[B]O)c1)NC(=O)OC(C)(C)C. The minimum atomic E-state index is -1.08. The summed E-state index contributed by atoms with van der Waals surface area (Å²) in [7, 11) is 1.62. The number of benzene rings is 1. The van der Waals surface area contributed by atoms with E-state index >= 15 is 0 Å². The highest BCUT2D eigenvalue weighted by Crippen LogP contribution is 2.18. The number of hydrogen-bond acceptors (Lipinski definition) is 7. The van der Waals surface area contributed by atoms with Gasteiger partial charge in [-0.2, -0.15) is 0 Å². The van der Waals surface area contributed by atoms with Gasteiger partial charge in [-0.3, -0.25) is 0 Å². The summed E-state index contributed by atoms with van der Waals surface area (Å²) in [6.45, 7) is 4.72. The van der Waals surface area contributed by atoms with Crippen LogP contribution in [0.3, 0.4) is 0 Å². The Hall–Kier alpha value is -2.33. The van der Waals surface area contributed by atoms with Crippen molar-refractivity contribution in [2.45, 2.75) is 38.8 Å². The number of ether oxygens (including phenoxy) is 3. The second-order valence-corrected chi connectivity index (χ2v) is 6.26. The highest BCUT2D eigenvalue weighted by molar-refractivity contribution is 6.15. The van der Waals surface area contributed by atoms with E-state index in [1.165, 1.54) is 19.2 Å². The first-order chi connectivity index (χ1) is 12.1. The molecule has 0 saturated carbocycles. The van der Waals surface area contributed by atoms with Gasteiger partial charge in [0.2, 0.25) is 0 Å². The number of esters is 1. The Balaban J connectivity index is 2.87. The molecule has 1 rings (SSSR count). The van der Waals surface area contributed by atoms with Crippen LogP contribution in [-0.2, 0) is 25.3 Å². The van der Waals surface area contributed by atoms with Crippen LogP contribution in [0.1, 0.15) is 26.3 Å². The maximum atomic E-state index is 13.7. The molecule has 0 saturated heterocycles. The van der Waals surface area contributed by atoms with E-state index in [1.807, 2.05) is 0 Å². The van der Waals surface area contributed by atoms with Crippen molar-refractivity contribution >= 4 is 19.7 Å². The third-order valence-electron chi connectivity index (χ3n) is 2.92. The Bertz CT molecular complexity index is 621. The van der Waals surface area contributed by atoms with Crippen molar-refractivity contribution in [2.24, 2.45) is 0 Å². The van der Waals surface area contributed by atoms with E-state index in [0.717, 1.165) is 6.07 Å². The minimum absolute atomic E-state index is 0.0486. The van der Waals surface area contributed by atoms with Crippen molar-refractivity contribution in [3.05, 3.63) is 29.6 Å². The Morgan fingerprint density at radius 1 is 1.31 bits per heavy atom. The van der Waals surface area contributed by atoms with Gasteiger partial charge < -0.3 is 29.2 Å². The quantitative estimate of drug-likeness (QED) is 0.308. The highest BCUT2D eigenvalue weighted by atomic mass is 19.1. The van der Waals surface area contributed by atoms with Gasteiger partial charge in [0.15, 0.2) is 6.79 Å². The third kappa shape index (κ3) is 8.17. The van der Waals surface area contributed by atoms with Crippen LogP contribution in [0, 0.1) is 5.82 Å². The third-order valence-corrected chi connectivity index (χ3v) is 2.92. The summed E-state index contributed by atoms with van der Waals surface area (Å²) in [4.78, 5) is 23.8. The van der Waals surface area contributed by atoms with Crippen LogP contribution in [0.25, 0.3) is 0 Å². The second-order valence-electron chi connectivity index (χ2n) is 6.26. The lowest BCUT2D eigenvalue weighted by Crippen LogP contribution is -2.45. The molecule has 0 heterocycles. The first kappa shape index (κ1) is 21.7. The molecule has 2 N–H and O–H groups in total. The normalized spacial score (nSPS) is 12.1. The fourth-order valence-electron chi connectivity index (χ4n) is 1.98. The molecule has 1 atom stereocenters. The second kappa shape index (κ2) is 9.98. The van der Waals surface area contributed by atoms with Crippen LogP contribution in [-0.4, -0.2) is 50.3 Å². The summed E-state index contributed by atoms with van der Waals surface area (Å²) < 4.78 is 33.1. The highest BCUT2D eigenvalue weighted by Gasteiger charge is 2.25. The topological polar surface area (TPSA) is 103 Å². The van der Waals surface area contributed by atoms with Crippen LogP contribution in [0.4, 0.5) is 9.18 Å². The van der Waals surface area contributed by atoms with Crippen molar-refractivity contribution in [3.63, 3.8) is 0 Å². The van der Waals surface area contributed by atoms with Gasteiger partial charge in [0.1, 0.15) is 23.2 Å². The summed E-state index contributed by atoms with van der Waals surface area (Å²) in [6, 6.07) is 2.69. The summed E-state index contributed by atoms with van der Waals surface area (Å²) in [6.07, 6.45) is -0.847. The average Bonchev–Trinajstić information content (AvgIpc) is 2.51. The van der Waals surface area contributed by atoms with E-state index in [-0.39, 0.29) is 19.0 Å². The van der Waals surface area contributed by atoms with Gasteiger partial charge in [-0.25, -0.2) is 14.0 Å². The number of nitrogens with one attached hydrogen (secondary N) is 1. The van der Waals surface area contributed by atoms with E-state index in [4.69, 9.17) is 14.5 Å². The molecular formula is C16H22BFNO7. The molecule has 0 unspecified atom stereocenters. The molecule has 8 nitrogen and oxygen atoms in total. The number of rotatable bonds is 8. The first-order valence-corrected chi connectivity index (χ1v) is 7.71. The molecule has 1 aromatic carbocycles. The molecule has 0 aliphatic rings. The zero-order valence-electron chi connectivity index (χ0n) is 15.1. The monoisotopic (exact) mass is 370 g/mol. The Morgan fingerprint density at radius 3 is 2.58 bits per heavy atom. The van der Waals surface area contributed by atoms with Crippen molar-refractivity contribution in [3.8, 4) is 5.75 Å². The molecular weight excluding hydrogens is 348 g/mol. The molecule has 0 fully saturated rings. The van der Waals surface area contributed by atoms with Gasteiger partial charge in [-0.05, 0) is 38.5 Å². The fourth-order valence-corrected chi connectivity index (χ4v) is 1.98. The number of halogens is 1. The van der Waals surface area contributed by atoms with Crippen molar-refractivity contribution < 1.29 is 37.9 Å². The Kier molecular flexibility index (Phi) is 8.33. The zero-order valence-corrected chi connectivity index (χ0v) is 15.1. The predicted octanol–water partition coefficient (Wildman–Crippen LogP) is 1.31. The Labute approximate surface area is 151 Å². The molecule has 0 aliphatic carbocycles.